The minimum Gasteiger partial charge on any atom is -0.483 e. The third kappa shape index (κ3) is 4.11. The minimum atomic E-state index is -0.833. The summed E-state index contributed by atoms with van der Waals surface area (Å²) in [6.07, 6.45) is 6.75. The number of rotatable bonds is 3. The number of nitrogens with two attached hydrogens (primary N) is 1. The van der Waals surface area contributed by atoms with E-state index in [2.05, 4.69) is 0 Å². The summed E-state index contributed by atoms with van der Waals surface area (Å²) in [5.41, 5.74) is 9.20. The van der Waals surface area contributed by atoms with E-state index in [-0.39, 0.29) is 36.3 Å². The average Bonchev–Trinajstić information content (AvgIpc) is 3.30. The van der Waals surface area contributed by atoms with Crippen molar-refractivity contribution in [2.75, 3.05) is 6.61 Å². The Labute approximate surface area is 186 Å². The molecule has 2 aliphatic heterocycles. The summed E-state index contributed by atoms with van der Waals surface area (Å²) in [6, 6.07) is 4.36. The second kappa shape index (κ2) is 8.94. The van der Waals surface area contributed by atoms with Crippen molar-refractivity contribution in [3.63, 3.8) is 0 Å². The predicted octanol–water partition coefficient (Wildman–Crippen LogP) is 2.54. The zero-order chi connectivity index (χ0) is 23.0. The first kappa shape index (κ1) is 22.3. The second-order valence-electron chi connectivity index (χ2n) is 8.93. The van der Waals surface area contributed by atoms with Gasteiger partial charge in [-0.3, -0.25) is 9.59 Å². The Morgan fingerprint density at radius 1 is 1.22 bits per heavy atom. The molecule has 32 heavy (non-hydrogen) atoms. The highest BCUT2D eigenvalue weighted by atomic mass is 16.5. The van der Waals surface area contributed by atoms with Crippen molar-refractivity contribution in [2.24, 2.45) is 5.73 Å². The van der Waals surface area contributed by atoms with Gasteiger partial charge in [0.1, 0.15) is 11.3 Å². The van der Waals surface area contributed by atoms with Crippen LogP contribution in [0, 0.1) is 6.92 Å². The lowest BCUT2D eigenvalue weighted by atomic mass is 9.90. The quantitative estimate of drug-likeness (QED) is 0.700. The molecule has 2 fully saturated rings. The topological polar surface area (TPSA) is 123 Å². The first-order valence-electron chi connectivity index (χ1n) is 11.2. The molecule has 3 atom stereocenters. The fourth-order valence-electron chi connectivity index (χ4n) is 5.42. The molecule has 1 aliphatic carbocycles. The number of carboxylic acid groups (broad SMARTS) is 1. The number of aliphatic carboxylic acids is 1. The van der Waals surface area contributed by atoms with Gasteiger partial charge in [-0.2, -0.15) is 0 Å². The van der Waals surface area contributed by atoms with Crippen LogP contribution in [0.25, 0.3) is 11.0 Å². The van der Waals surface area contributed by atoms with Crippen LogP contribution >= 0.6 is 0 Å². The highest BCUT2D eigenvalue weighted by Crippen LogP contribution is 2.37. The summed E-state index contributed by atoms with van der Waals surface area (Å²) >= 11 is 0. The predicted molar refractivity (Wildman–Crippen MR) is 119 cm³/mol. The lowest BCUT2D eigenvalue weighted by Crippen LogP contribution is -2.42. The van der Waals surface area contributed by atoms with Crippen LogP contribution in [0.2, 0.25) is 0 Å². The molecule has 3 heterocycles. The zero-order valence-electron chi connectivity index (χ0n) is 18.6. The molecule has 2 bridgehead atoms. The Morgan fingerprint density at radius 3 is 2.53 bits per heavy atom. The third-order valence-electron chi connectivity index (χ3n) is 6.81. The van der Waals surface area contributed by atoms with E-state index in [0.29, 0.717) is 11.3 Å². The number of amides is 1. The van der Waals surface area contributed by atoms with Gasteiger partial charge in [0.25, 0.3) is 11.9 Å². The maximum absolute atomic E-state index is 12.7. The van der Waals surface area contributed by atoms with Crippen LogP contribution in [0.1, 0.15) is 55.7 Å². The van der Waals surface area contributed by atoms with Gasteiger partial charge < -0.3 is 24.9 Å². The fourth-order valence-corrected chi connectivity index (χ4v) is 5.42. The van der Waals surface area contributed by atoms with Gasteiger partial charge in [0.05, 0.1) is 0 Å². The molecule has 1 aromatic carbocycles. The lowest BCUT2D eigenvalue weighted by Gasteiger charge is -2.23. The van der Waals surface area contributed by atoms with E-state index in [9.17, 15) is 9.59 Å². The van der Waals surface area contributed by atoms with Crippen molar-refractivity contribution in [1.82, 2.24) is 4.90 Å². The van der Waals surface area contributed by atoms with Crippen LogP contribution in [0.15, 0.2) is 21.3 Å². The van der Waals surface area contributed by atoms with Crippen LogP contribution in [0.3, 0.4) is 0 Å². The van der Waals surface area contributed by atoms with E-state index in [1.165, 1.54) is 0 Å². The number of hydrogen-bond donors (Lipinski definition) is 2. The van der Waals surface area contributed by atoms with Crippen LogP contribution in [0.4, 0.5) is 0 Å². The SMILES string of the molecule is CC(=O)O.Cc1c(OCC(=O)N2[C@@H]3CC[C@H]2[C@H](N)C3)ccc2c3c(c(=O)oc12)CCCC3. The summed E-state index contributed by atoms with van der Waals surface area (Å²) < 4.78 is 11.5. The fraction of sp³-hybridized carbons (Fsp3) is 0.542. The molecular weight excluding hydrogens is 412 g/mol. The van der Waals surface area contributed by atoms with Crippen molar-refractivity contribution < 1.29 is 23.8 Å². The number of carboxylic acids is 1. The molecule has 2 aromatic rings. The Morgan fingerprint density at radius 2 is 1.91 bits per heavy atom. The molecule has 3 N–H and O–H groups in total. The summed E-state index contributed by atoms with van der Waals surface area (Å²) in [4.78, 5) is 36.1. The van der Waals surface area contributed by atoms with Gasteiger partial charge in [0.15, 0.2) is 6.61 Å². The van der Waals surface area contributed by atoms with Gasteiger partial charge in [-0.1, -0.05) is 0 Å². The van der Waals surface area contributed by atoms with E-state index < -0.39 is 5.97 Å². The van der Waals surface area contributed by atoms with Crippen LogP contribution in [-0.2, 0) is 22.4 Å². The molecule has 8 heteroatoms. The summed E-state index contributed by atoms with van der Waals surface area (Å²) in [5, 5.41) is 8.41. The van der Waals surface area contributed by atoms with Crippen molar-refractivity contribution in [3.8, 4) is 5.75 Å². The molecule has 0 unspecified atom stereocenters. The summed E-state index contributed by atoms with van der Waals surface area (Å²) in [7, 11) is 0. The standard InChI is InChI=1S/C22H26N2O4.C2H4O2/c1-12-19(27-11-20(25)24-13-6-8-18(24)17(23)10-13)9-7-15-14-4-2-3-5-16(14)22(26)28-21(12)15;1-2(3)4/h7,9,13,17-18H,2-6,8,10-11,23H2,1H3;1H3,(H,3,4)/t13-,17-,18+;/m1./s1. The van der Waals surface area contributed by atoms with E-state index in [0.717, 1.165) is 73.9 Å². The van der Waals surface area contributed by atoms with Gasteiger partial charge in [-0.25, -0.2) is 4.79 Å². The zero-order valence-corrected chi connectivity index (χ0v) is 18.6. The van der Waals surface area contributed by atoms with Crippen LogP contribution < -0.4 is 16.1 Å². The second-order valence-corrected chi connectivity index (χ2v) is 8.93. The molecule has 0 spiro atoms. The molecule has 2 saturated heterocycles. The molecule has 1 amide bonds. The number of carbonyl (C=O) groups is 2. The Kier molecular flexibility index (Phi) is 6.24. The monoisotopic (exact) mass is 442 g/mol. The molecule has 172 valence electrons. The van der Waals surface area contributed by atoms with Crippen LogP contribution in [-0.4, -0.2) is 46.6 Å². The molecule has 1 aromatic heterocycles. The molecule has 3 aliphatic rings. The molecular formula is C24H30N2O6. The maximum Gasteiger partial charge on any atom is 0.339 e. The number of ether oxygens (including phenoxy) is 1. The first-order chi connectivity index (χ1) is 15.3. The Bertz CT molecular complexity index is 1100. The third-order valence-corrected chi connectivity index (χ3v) is 6.81. The number of carbonyl (C=O) groups excluding carboxylic acids is 1. The van der Waals surface area contributed by atoms with E-state index in [1.807, 2.05) is 24.0 Å². The molecule has 0 saturated carbocycles. The Balaban J connectivity index is 0.000000567. The van der Waals surface area contributed by atoms with Crippen LogP contribution in [0.5, 0.6) is 5.75 Å². The summed E-state index contributed by atoms with van der Waals surface area (Å²) in [6.45, 7) is 2.96. The average molecular weight is 443 g/mol. The van der Waals surface area contributed by atoms with E-state index in [4.69, 9.17) is 24.8 Å². The summed E-state index contributed by atoms with van der Waals surface area (Å²) in [5.74, 6) is -0.248. The van der Waals surface area contributed by atoms with Crippen molar-refractivity contribution in [3.05, 3.63) is 39.2 Å². The molecule has 5 rings (SSSR count). The number of nitrogens with zero attached hydrogens (tertiary/aromatic N) is 1. The van der Waals surface area contributed by atoms with Gasteiger partial charge in [-0.05, 0) is 69.6 Å². The number of benzene rings is 1. The highest BCUT2D eigenvalue weighted by Gasteiger charge is 2.46. The molecule has 8 nitrogen and oxygen atoms in total. The van der Waals surface area contributed by atoms with Crippen molar-refractivity contribution >= 4 is 22.8 Å². The lowest BCUT2D eigenvalue weighted by molar-refractivity contribution is -0.135. The first-order valence-corrected chi connectivity index (χ1v) is 11.2. The number of hydrogen-bond acceptors (Lipinski definition) is 6. The highest BCUT2D eigenvalue weighted by molar-refractivity contribution is 5.86. The van der Waals surface area contributed by atoms with Gasteiger partial charge in [0.2, 0.25) is 0 Å². The molecule has 0 radical (unpaired) electrons. The van der Waals surface area contributed by atoms with Crippen molar-refractivity contribution in [2.45, 2.75) is 76.9 Å². The van der Waals surface area contributed by atoms with Gasteiger partial charge >= 0.3 is 5.63 Å². The van der Waals surface area contributed by atoms with Gasteiger partial charge in [0, 0.05) is 41.6 Å². The van der Waals surface area contributed by atoms with Gasteiger partial charge in [-0.15, -0.1) is 0 Å². The normalized spacial score (nSPS) is 23.5. The number of aryl methyl sites for hydroxylation is 2. The maximum atomic E-state index is 12.7. The number of fused-ring (bicyclic) bond motifs is 5. The Hall–Kier alpha value is -2.87. The van der Waals surface area contributed by atoms with E-state index in [1.54, 1.807) is 0 Å². The minimum absolute atomic E-state index is 0.00756. The smallest absolute Gasteiger partial charge is 0.339 e. The van der Waals surface area contributed by atoms with E-state index >= 15 is 0 Å². The largest absolute Gasteiger partial charge is 0.483 e. The van der Waals surface area contributed by atoms with Crippen molar-refractivity contribution in [1.29, 1.82) is 0 Å².